The van der Waals surface area contributed by atoms with Gasteiger partial charge in [-0.1, -0.05) is 30.3 Å². The molecule has 0 aliphatic heterocycles. The number of anilines is 1. The first kappa shape index (κ1) is 17.4. The summed E-state index contributed by atoms with van der Waals surface area (Å²) in [7, 11) is 1.81. The van der Waals surface area contributed by atoms with Crippen LogP contribution in [0.4, 0.5) is 5.69 Å². The van der Waals surface area contributed by atoms with Crippen LogP contribution in [-0.2, 0) is 4.79 Å². The van der Waals surface area contributed by atoms with Crippen molar-refractivity contribution in [2.75, 3.05) is 30.1 Å². The second-order valence-corrected chi connectivity index (χ2v) is 6.56. The molecule has 0 heterocycles. The average molecular weight is 329 g/mol. The third-order valence-corrected chi connectivity index (χ3v) is 4.48. The van der Waals surface area contributed by atoms with Crippen molar-refractivity contribution in [3.05, 3.63) is 59.7 Å². The number of rotatable bonds is 7. The molecule has 0 atom stereocenters. The van der Waals surface area contributed by atoms with E-state index in [-0.39, 0.29) is 5.91 Å². The standard InChI is InChI=1S/C19H23NO2S/c1-15-9-10-16(2)18(13-15)22-11-12-23-14-19(21)20(3)17-7-5-4-6-8-17/h4-10,13H,11-12,14H2,1-3H3. The van der Waals surface area contributed by atoms with Gasteiger partial charge in [0.25, 0.3) is 0 Å². The highest BCUT2D eigenvalue weighted by Crippen LogP contribution is 2.19. The highest BCUT2D eigenvalue weighted by Gasteiger charge is 2.10. The molecule has 0 spiro atoms. The number of hydrogen-bond donors (Lipinski definition) is 0. The van der Waals surface area contributed by atoms with E-state index in [4.69, 9.17) is 4.74 Å². The van der Waals surface area contributed by atoms with Gasteiger partial charge in [0, 0.05) is 18.5 Å². The number of aryl methyl sites for hydroxylation is 2. The smallest absolute Gasteiger partial charge is 0.236 e. The Bertz CT molecular complexity index is 643. The summed E-state index contributed by atoms with van der Waals surface area (Å²) in [6, 6.07) is 15.9. The van der Waals surface area contributed by atoms with Gasteiger partial charge in [0.2, 0.25) is 5.91 Å². The van der Waals surface area contributed by atoms with Crippen molar-refractivity contribution in [1.82, 2.24) is 0 Å². The van der Waals surface area contributed by atoms with Crippen molar-refractivity contribution in [3.63, 3.8) is 0 Å². The Morgan fingerprint density at radius 2 is 1.87 bits per heavy atom. The van der Waals surface area contributed by atoms with Crippen LogP contribution in [0.1, 0.15) is 11.1 Å². The molecule has 0 unspecified atom stereocenters. The largest absolute Gasteiger partial charge is 0.492 e. The Morgan fingerprint density at radius 1 is 1.13 bits per heavy atom. The average Bonchev–Trinajstić information content (AvgIpc) is 2.57. The van der Waals surface area contributed by atoms with E-state index < -0.39 is 0 Å². The fourth-order valence-electron chi connectivity index (χ4n) is 2.13. The summed E-state index contributed by atoms with van der Waals surface area (Å²) in [6.45, 7) is 4.71. The minimum Gasteiger partial charge on any atom is -0.492 e. The lowest BCUT2D eigenvalue weighted by Crippen LogP contribution is -2.28. The molecule has 0 fully saturated rings. The second kappa shape index (κ2) is 8.63. The minimum atomic E-state index is 0.105. The van der Waals surface area contributed by atoms with Gasteiger partial charge in [-0.2, -0.15) is 0 Å². The summed E-state index contributed by atoms with van der Waals surface area (Å²) in [4.78, 5) is 13.8. The summed E-state index contributed by atoms with van der Waals surface area (Å²) in [5.41, 5.74) is 3.25. The van der Waals surface area contributed by atoms with Gasteiger partial charge in [0.15, 0.2) is 0 Å². The number of nitrogens with zero attached hydrogens (tertiary/aromatic N) is 1. The Balaban J connectivity index is 1.71. The minimum absolute atomic E-state index is 0.105. The molecule has 2 rings (SSSR count). The number of benzene rings is 2. The molecular weight excluding hydrogens is 306 g/mol. The maximum absolute atomic E-state index is 12.1. The molecule has 0 aliphatic rings. The van der Waals surface area contributed by atoms with E-state index in [1.807, 2.05) is 50.4 Å². The number of ether oxygens (including phenoxy) is 1. The Labute approximate surface area is 142 Å². The quantitative estimate of drug-likeness (QED) is 0.717. The van der Waals surface area contributed by atoms with Gasteiger partial charge in [-0.25, -0.2) is 0 Å². The first-order valence-electron chi connectivity index (χ1n) is 7.67. The summed E-state index contributed by atoms with van der Waals surface area (Å²) in [5, 5.41) is 0. The topological polar surface area (TPSA) is 29.5 Å². The lowest BCUT2D eigenvalue weighted by Gasteiger charge is -2.17. The van der Waals surface area contributed by atoms with Crippen molar-refractivity contribution in [3.8, 4) is 5.75 Å². The summed E-state index contributed by atoms with van der Waals surface area (Å²) in [6.07, 6.45) is 0. The Kier molecular flexibility index (Phi) is 6.53. The van der Waals surface area contributed by atoms with Crippen LogP contribution in [0.15, 0.2) is 48.5 Å². The van der Waals surface area contributed by atoms with Crippen LogP contribution in [0, 0.1) is 13.8 Å². The van der Waals surface area contributed by atoms with E-state index in [0.717, 1.165) is 22.8 Å². The monoisotopic (exact) mass is 329 g/mol. The predicted molar refractivity (Wildman–Crippen MR) is 98.6 cm³/mol. The third-order valence-electron chi connectivity index (χ3n) is 3.57. The Morgan fingerprint density at radius 3 is 2.61 bits per heavy atom. The molecule has 0 aliphatic carbocycles. The maximum atomic E-state index is 12.1. The van der Waals surface area contributed by atoms with Crippen molar-refractivity contribution in [2.45, 2.75) is 13.8 Å². The molecule has 122 valence electrons. The molecule has 0 aromatic heterocycles. The van der Waals surface area contributed by atoms with Crippen LogP contribution in [0.25, 0.3) is 0 Å². The molecule has 0 radical (unpaired) electrons. The number of hydrogen-bond acceptors (Lipinski definition) is 3. The van der Waals surface area contributed by atoms with Crippen molar-refractivity contribution in [1.29, 1.82) is 0 Å². The predicted octanol–water partition coefficient (Wildman–Crippen LogP) is 4.08. The summed E-state index contributed by atoms with van der Waals surface area (Å²) >= 11 is 1.60. The maximum Gasteiger partial charge on any atom is 0.236 e. The fraction of sp³-hybridized carbons (Fsp3) is 0.316. The zero-order valence-electron chi connectivity index (χ0n) is 13.9. The summed E-state index contributed by atoms with van der Waals surface area (Å²) < 4.78 is 5.80. The molecule has 2 aromatic carbocycles. The van der Waals surface area contributed by atoms with Gasteiger partial charge in [-0.3, -0.25) is 4.79 Å². The second-order valence-electron chi connectivity index (χ2n) is 5.46. The first-order chi connectivity index (χ1) is 11.1. The lowest BCUT2D eigenvalue weighted by atomic mass is 10.1. The molecule has 3 nitrogen and oxygen atoms in total. The Hall–Kier alpha value is -1.94. The number of carbonyl (C=O) groups is 1. The molecule has 2 aromatic rings. The molecule has 1 amide bonds. The van der Waals surface area contributed by atoms with Gasteiger partial charge in [-0.15, -0.1) is 11.8 Å². The van der Waals surface area contributed by atoms with Gasteiger partial charge in [0.05, 0.1) is 12.4 Å². The van der Waals surface area contributed by atoms with Crippen LogP contribution in [0.2, 0.25) is 0 Å². The van der Waals surface area contributed by atoms with Crippen LogP contribution in [0.3, 0.4) is 0 Å². The molecule has 0 N–H and O–H groups in total. The van der Waals surface area contributed by atoms with Gasteiger partial charge in [0.1, 0.15) is 5.75 Å². The molecule has 4 heteroatoms. The van der Waals surface area contributed by atoms with Crippen LogP contribution in [0.5, 0.6) is 5.75 Å². The first-order valence-corrected chi connectivity index (χ1v) is 8.83. The van der Waals surface area contributed by atoms with Crippen molar-refractivity contribution in [2.24, 2.45) is 0 Å². The van der Waals surface area contributed by atoms with Crippen molar-refractivity contribution < 1.29 is 9.53 Å². The molecule has 23 heavy (non-hydrogen) atoms. The highest BCUT2D eigenvalue weighted by molar-refractivity contribution is 7.99. The number of amides is 1. The zero-order valence-corrected chi connectivity index (χ0v) is 14.7. The van der Waals surface area contributed by atoms with E-state index in [2.05, 4.69) is 19.1 Å². The number of para-hydroxylation sites is 1. The van der Waals surface area contributed by atoms with Gasteiger partial charge < -0.3 is 9.64 Å². The van der Waals surface area contributed by atoms with E-state index in [1.54, 1.807) is 16.7 Å². The van der Waals surface area contributed by atoms with Crippen LogP contribution >= 0.6 is 11.8 Å². The van der Waals surface area contributed by atoms with Gasteiger partial charge in [-0.05, 0) is 43.2 Å². The van der Waals surface area contributed by atoms with Gasteiger partial charge >= 0.3 is 0 Å². The normalized spacial score (nSPS) is 10.4. The third kappa shape index (κ3) is 5.32. The fourth-order valence-corrected chi connectivity index (χ4v) is 2.84. The highest BCUT2D eigenvalue weighted by atomic mass is 32.2. The molecule has 0 saturated carbocycles. The summed E-state index contributed by atoms with van der Waals surface area (Å²) in [5.74, 6) is 2.29. The number of carbonyl (C=O) groups excluding carboxylic acids is 1. The van der Waals surface area contributed by atoms with Crippen LogP contribution < -0.4 is 9.64 Å². The zero-order chi connectivity index (χ0) is 16.7. The molecule has 0 bridgehead atoms. The van der Waals surface area contributed by atoms with E-state index in [1.165, 1.54) is 5.56 Å². The SMILES string of the molecule is Cc1ccc(C)c(OCCSCC(=O)N(C)c2ccccc2)c1. The lowest BCUT2D eigenvalue weighted by molar-refractivity contribution is -0.115. The number of thioether (sulfide) groups is 1. The van der Waals surface area contributed by atoms with Crippen molar-refractivity contribution >= 4 is 23.4 Å². The van der Waals surface area contributed by atoms with Crippen LogP contribution in [-0.4, -0.2) is 31.1 Å². The van der Waals surface area contributed by atoms with E-state index >= 15 is 0 Å². The molecular formula is C19H23NO2S. The van der Waals surface area contributed by atoms with E-state index in [9.17, 15) is 4.79 Å². The molecule has 0 saturated heterocycles. The van der Waals surface area contributed by atoms with E-state index in [0.29, 0.717) is 12.4 Å².